The van der Waals surface area contributed by atoms with Crippen molar-refractivity contribution in [3.8, 4) is 0 Å². The van der Waals surface area contributed by atoms with Crippen LogP contribution in [0.15, 0.2) is 12.4 Å². The first-order valence-electron chi connectivity index (χ1n) is 3.27. The zero-order valence-corrected chi connectivity index (χ0v) is 5.62. The summed E-state index contributed by atoms with van der Waals surface area (Å²) in [5.74, 6) is 0. The number of nitrogens with zero attached hydrogens (tertiary/aromatic N) is 3. The Morgan fingerprint density at radius 2 is 2.44 bits per heavy atom. The minimum absolute atomic E-state index is 0.997. The Morgan fingerprint density at radius 3 is 3.00 bits per heavy atom. The predicted molar refractivity (Wildman–Crippen MR) is 34.9 cm³/mol. The van der Waals surface area contributed by atoms with Gasteiger partial charge >= 0.3 is 0 Å². The minimum atomic E-state index is 0.997. The standard InChI is InChI=1S/C6H11N3/c1-2-3-5-9-6-4-7-8-9/h4,6H,2-3,5H2,1H3. The van der Waals surface area contributed by atoms with E-state index < -0.39 is 0 Å². The van der Waals surface area contributed by atoms with E-state index >= 15 is 0 Å². The van der Waals surface area contributed by atoms with E-state index in [2.05, 4.69) is 17.2 Å². The molecule has 0 N–H and O–H groups in total. The topological polar surface area (TPSA) is 30.7 Å². The van der Waals surface area contributed by atoms with Gasteiger partial charge in [-0.3, -0.25) is 4.68 Å². The Balaban J connectivity index is 2.30. The second kappa shape index (κ2) is 3.22. The highest BCUT2D eigenvalue weighted by Crippen LogP contribution is 1.89. The number of hydrogen-bond acceptors (Lipinski definition) is 2. The van der Waals surface area contributed by atoms with Gasteiger partial charge in [0, 0.05) is 12.7 Å². The summed E-state index contributed by atoms with van der Waals surface area (Å²) < 4.78 is 1.85. The number of unbranched alkanes of at least 4 members (excludes halogenated alkanes) is 1. The third-order valence-corrected chi connectivity index (χ3v) is 1.21. The van der Waals surface area contributed by atoms with Crippen molar-refractivity contribution in [2.24, 2.45) is 0 Å². The van der Waals surface area contributed by atoms with Gasteiger partial charge in [-0.05, 0) is 6.42 Å². The average Bonchev–Trinajstić information content (AvgIpc) is 2.34. The van der Waals surface area contributed by atoms with E-state index in [0.717, 1.165) is 6.54 Å². The molecule has 9 heavy (non-hydrogen) atoms. The lowest BCUT2D eigenvalue weighted by Crippen LogP contribution is -1.97. The van der Waals surface area contributed by atoms with Crippen molar-refractivity contribution in [1.29, 1.82) is 0 Å². The van der Waals surface area contributed by atoms with Crippen LogP contribution in [0.2, 0.25) is 0 Å². The van der Waals surface area contributed by atoms with Gasteiger partial charge in [0.1, 0.15) is 0 Å². The first-order valence-corrected chi connectivity index (χ1v) is 3.27. The summed E-state index contributed by atoms with van der Waals surface area (Å²) >= 11 is 0. The highest BCUT2D eigenvalue weighted by Gasteiger charge is 1.86. The Hall–Kier alpha value is -0.860. The summed E-state index contributed by atoms with van der Waals surface area (Å²) in [7, 11) is 0. The van der Waals surface area contributed by atoms with Crippen LogP contribution in [0, 0.1) is 0 Å². The summed E-state index contributed by atoms with van der Waals surface area (Å²) in [5.41, 5.74) is 0. The molecule has 0 atom stereocenters. The Kier molecular flexibility index (Phi) is 2.24. The Morgan fingerprint density at radius 1 is 1.56 bits per heavy atom. The summed E-state index contributed by atoms with van der Waals surface area (Å²) in [4.78, 5) is 0. The van der Waals surface area contributed by atoms with E-state index in [1.54, 1.807) is 6.20 Å². The fourth-order valence-corrected chi connectivity index (χ4v) is 0.672. The van der Waals surface area contributed by atoms with E-state index in [1.807, 2.05) is 10.9 Å². The molecule has 0 fully saturated rings. The van der Waals surface area contributed by atoms with Crippen LogP contribution in [0.1, 0.15) is 19.8 Å². The maximum atomic E-state index is 3.82. The molecule has 1 aromatic heterocycles. The molecule has 0 saturated carbocycles. The highest BCUT2D eigenvalue weighted by atomic mass is 15.4. The van der Waals surface area contributed by atoms with Crippen LogP contribution in [0.5, 0.6) is 0 Å². The molecule has 0 spiro atoms. The van der Waals surface area contributed by atoms with Crippen LogP contribution in [0.25, 0.3) is 0 Å². The van der Waals surface area contributed by atoms with Crippen LogP contribution in [-0.4, -0.2) is 15.0 Å². The molecule has 3 nitrogen and oxygen atoms in total. The first kappa shape index (κ1) is 6.26. The van der Waals surface area contributed by atoms with Gasteiger partial charge in [0.25, 0.3) is 0 Å². The second-order valence-corrected chi connectivity index (χ2v) is 2.02. The summed E-state index contributed by atoms with van der Waals surface area (Å²) in [6.45, 7) is 3.16. The van der Waals surface area contributed by atoms with Crippen molar-refractivity contribution in [3.63, 3.8) is 0 Å². The average molecular weight is 125 g/mol. The summed E-state index contributed by atoms with van der Waals surface area (Å²) in [6.07, 6.45) is 5.98. The maximum absolute atomic E-state index is 3.82. The third kappa shape index (κ3) is 1.83. The molecule has 1 rings (SSSR count). The lowest BCUT2D eigenvalue weighted by atomic mass is 10.3. The van der Waals surface area contributed by atoms with E-state index in [0.29, 0.717) is 0 Å². The molecule has 50 valence electrons. The van der Waals surface area contributed by atoms with Crippen molar-refractivity contribution in [3.05, 3.63) is 12.4 Å². The van der Waals surface area contributed by atoms with E-state index in [1.165, 1.54) is 12.8 Å². The van der Waals surface area contributed by atoms with Gasteiger partial charge in [-0.25, -0.2) is 0 Å². The van der Waals surface area contributed by atoms with Crippen LogP contribution < -0.4 is 0 Å². The molecular formula is C6H11N3. The molecule has 0 aliphatic carbocycles. The van der Waals surface area contributed by atoms with Gasteiger partial charge in [0.05, 0.1) is 6.20 Å². The van der Waals surface area contributed by atoms with Crippen LogP contribution >= 0.6 is 0 Å². The van der Waals surface area contributed by atoms with Gasteiger partial charge < -0.3 is 0 Å². The highest BCUT2D eigenvalue weighted by molar-refractivity contribution is 4.63. The minimum Gasteiger partial charge on any atom is -0.253 e. The van der Waals surface area contributed by atoms with Crippen molar-refractivity contribution in [1.82, 2.24) is 15.0 Å². The summed E-state index contributed by atoms with van der Waals surface area (Å²) in [6, 6.07) is 0. The molecule has 3 heteroatoms. The van der Waals surface area contributed by atoms with Crippen molar-refractivity contribution in [2.45, 2.75) is 26.3 Å². The number of aryl methyl sites for hydroxylation is 1. The second-order valence-electron chi connectivity index (χ2n) is 2.02. The van der Waals surface area contributed by atoms with Crippen molar-refractivity contribution >= 4 is 0 Å². The fraction of sp³-hybridized carbons (Fsp3) is 0.667. The van der Waals surface area contributed by atoms with Gasteiger partial charge in [0.2, 0.25) is 0 Å². The zero-order valence-electron chi connectivity index (χ0n) is 5.62. The normalized spacial score (nSPS) is 9.89. The lowest BCUT2D eigenvalue weighted by molar-refractivity contribution is 0.553. The Bertz CT molecular complexity index is 145. The lowest BCUT2D eigenvalue weighted by Gasteiger charge is -1.94. The molecule has 0 radical (unpaired) electrons. The number of hydrogen-bond donors (Lipinski definition) is 0. The van der Waals surface area contributed by atoms with Gasteiger partial charge in [-0.2, -0.15) is 0 Å². The molecule has 1 heterocycles. The number of aromatic nitrogens is 3. The van der Waals surface area contributed by atoms with Gasteiger partial charge in [0.15, 0.2) is 0 Å². The largest absolute Gasteiger partial charge is 0.253 e. The Labute approximate surface area is 54.7 Å². The van der Waals surface area contributed by atoms with Crippen LogP contribution in [0.4, 0.5) is 0 Å². The monoisotopic (exact) mass is 125 g/mol. The smallest absolute Gasteiger partial charge is 0.0692 e. The van der Waals surface area contributed by atoms with Gasteiger partial charge in [-0.15, -0.1) is 5.10 Å². The van der Waals surface area contributed by atoms with E-state index in [4.69, 9.17) is 0 Å². The van der Waals surface area contributed by atoms with Crippen molar-refractivity contribution in [2.75, 3.05) is 0 Å². The predicted octanol–water partition coefficient (Wildman–Crippen LogP) is 1.08. The zero-order chi connectivity index (χ0) is 6.53. The van der Waals surface area contributed by atoms with Gasteiger partial charge in [-0.1, -0.05) is 18.6 Å². The first-order chi connectivity index (χ1) is 4.43. The van der Waals surface area contributed by atoms with Crippen LogP contribution in [0.3, 0.4) is 0 Å². The number of rotatable bonds is 3. The van der Waals surface area contributed by atoms with E-state index in [9.17, 15) is 0 Å². The van der Waals surface area contributed by atoms with Crippen molar-refractivity contribution < 1.29 is 0 Å². The molecule has 0 amide bonds. The summed E-state index contributed by atoms with van der Waals surface area (Å²) in [5, 5.41) is 7.51. The quantitative estimate of drug-likeness (QED) is 0.605. The third-order valence-electron chi connectivity index (χ3n) is 1.21. The SMILES string of the molecule is CCCCn1ccnn1. The fourth-order valence-electron chi connectivity index (χ4n) is 0.672. The molecular weight excluding hydrogens is 114 g/mol. The molecule has 0 aliphatic heterocycles. The molecule has 0 saturated heterocycles. The molecule has 1 aromatic rings. The molecule has 0 aliphatic rings. The molecule has 0 unspecified atom stereocenters. The van der Waals surface area contributed by atoms with E-state index in [-0.39, 0.29) is 0 Å². The maximum Gasteiger partial charge on any atom is 0.0692 e. The van der Waals surface area contributed by atoms with Crippen LogP contribution in [-0.2, 0) is 6.54 Å². The molecule has 0 aromatic carbocycles. The molecule has 0 bridgehead atoms.